The molecule has 0 spiro atoms. The summed E-state index contributed by atoms with van der Waals surface area (Å²) >= 11 is 0. The smallest absolute Gasteiger partial charge is 0.234 e. The molecule has 1 amide bonds. The summed E-state index contributed by atoms with van der Waals surface area (Å²) in [5.74, 6) is 0.105. The monoisotopic (exact) mass is 275 g/mol. The lowest BCUT2D eigenvalue weighted by molar-refractivity contribution is -0.122. The van der Waals surface area contributed by atoms with E-state index in [2.05, 4.69) is 22.5 Å². The summed E-state index contributed by atoms with van der Waals surface area (Å²) in [5, 5.41) is 6.47. The predicted octanol–water partition coefficient (Wildman–Crippen LogP) is 1.38. The predicted molar refractivity (Wildman–Crippen MR) is 81.4 cm³/mol. The second kappa shape index (κ2) is 8.02. The first-order valence-electron chi connectivity index (χ1n) is 7.54. The molecule has 4 heteroatoms. The van der Waals surface area contributed by atoms with E-state index in [1.165, 1.54) is 12.8 Å². The Bertz CT molecular complexity index is 401. The number of carbonyl (C=O) groups is 1. The SMILES string of the molecule is CCN(CC(=O)NCc1ccccc1)CC1CCCN1. The third kappa shape index (κ3) is 4.94. The molecule has 110 valence electrons. The Hall–Kier alpha value is -1.39. The Morgan fingerprint density at radius 2 is 2.20 bits per heavy atom. The summed E-state index contributed by atoms with van der Waals surface area (Å²) < 4.78 is 0. The zero-order valence-corrected chi connectivity index (χ0v) is 12.3. The summed E-state index contributed by atoms with van der Waals surface area (Å²) in [7, 11) is 0. The van der Waals surface area contributed by atoms with Crippen LogP contribution >= 0.6 is 0 Å². The molecule has 2 N–H and O–H groups in total. The van der Waals surface area contributed by atoms with Crippen LogP contribution in [0.15, 0.2) is 30.3 Å². The maximum absolute atomic E-state index is 12.0. The average Bonchev–Trinajstić information content (AvgIpc) is 2.98. The molecule has 1 heterocycles. The van der Waals surface area contributed by atoms with E-state index >= 15 is 0 Å². The molecule has 1 unspecified atom stereocenters. The summed E-state index contributed by atoms with van der Waals surface area (Å²) in [6.07, 6.45) is 2.48. The van der Waals surface area contributed by atoms with E-state index < -0.39 is 0 Å². The molecule has 2 rings (SSSR count). The highest BCUT2D eigenvalue weighted by Crippen LogP contribution is 2.06. The Morgan fingerprint density at radius 3 is 2.85 bits per heavy atom. The van der Waals surface area contributed by atoms with E-state index in [9.17, 15) is 4.79 Å². The minimum absolute atomic E-state index is 0.105. The van der Waals surface area contributed by atoms with Gasteiger partial charge in [-0.25, -0.2) is 0 Å². The molecule has 20 heavy (non-hydrogen) atoms. The number of carbonyl (C=O) groups excluding carboxylic acids is 1. The molecule has 1 aliphatic heterocycles. The van der Waals surface area contributed by atoms with Gasteiger partial charge < -0.3 is 10.6 Å². The van der Waals surface area contributed by atoms with Crippen molar-refractivity contribution in [2.24, 2.45) is 0 Å². The van der Waals surface area contributed by atoms with Gasteiger partial charge in [0, 0.05) is 19.1 Å². The molecule has 1 aliphatic rings. The number of nitrogens with one attached hydrogen (secondary N) is 2. The van der Waals surface area contributed by atoms with Crippen molar-refractivity contribution in [1.29, 1.82) is 0 Å². The molecule has 1 aromatic carbocycles. The van der Waals surface area contributed by atoms with Crippen LogP contribution in [0.3, 0.4) is 0 Å². The van der Waals surface area contributed by atoms with Crippen molar-refractivity contribution < 1.29 is 4.79 Å². The Kier molecular flexibility index (Phi) is 6.02. The van der Waals surface area contributed by atoms with Crippen LogP contribution in [0.4, 0.5) is 0 Å². The normalized spacial score (nSPS) is 18.4. The van der Waals surface area contributed by atoms with Crippen molar-refractivity contribution in [1.82, 2.24) is 15.5 Å². The fourth-order valence-corrected chi connectivity index (χ4v) is 2.59. The molecule has 0 bridgehead atoms. The van der Waals surface area contributed by atoms with Crippen molar-refractivity contribution in [3.8, 4) is 0 Å². The standard InChI is InChI=1S/C16H25N3O/c1-2-19(12-15-9-6-10-17-15)13-16(20)18-11-14-7-4-3-5-8-14/h3-5,7-8,15,17H,2,6,9-13H2,1H3,(H,18,20). The van der Waals surface area contributed by atoms with Crippen LogP contribution in [-0.4, -0.2) is 43.0 Å². The number of rotatable bonds is 7. The summed E-state index contributed by atoms with van der Waals surface area (Å²) in [5.41, 5.74) is 1.14. The van der Waals surface area contributed by atoms with Crippen LogP contribution in [0.2, 0.25) is 0 Å². The first-order chi connectivity index (χ1) is 9.78. The van der Waals surface area contributed by atoms with Gasteiger partial charge in [-0.2, -0.15) is 0 Å². The van der Waals surface area contributed by atoms with E-state index in [1.54, 1.807) is 0 Å². The van der Waals surface area contributed by atoms with Gasteiger partial charge in [-0.15, -0.1) is 0 Å². The molecule has 1 aromatic rings. The topological polar surface area (TPSA) is 44.4 Å². The van der Waals surface area contributed by atoms with Gasteiger partial charge in [0.1, 0.15) is 0 Å². The lowest BCUT2D eigenvalue weighted by Gasteiger charge is -2.23. The van der Waals surface area contributed by atoms with Gasteiger partial charge in [0.2, 0.25) is 5.91 Å². The molecular formula is C16H25N3O. The maximum Gasteiger partial charge on any atom is 0.234 e. The highest BCUT2D eigenvalue weighted by Gasteiger charge is 2.18. The van der Waals surface area contributed by atoms with Crippen molar-refractivity contribution in [3.05, 3.63) is 35.9 Å². The maximum atomic E-state index is 12.0. The summed E-state index contributed by atoms with van der Waals surface area (Å²) in [6, 6.07) is 10.6. The van der Waals surface area contributed by atoms with Crippen LogP contribution in [0, 0.1) is 0 Å². The number of hydrogen-bond acceptors (Lipinski definition) is 3. The molecule has 4 nitrogen and oxygen atoms in total. The average molecular weight is 275 g/mol. The first kappa shape index (κ1) is 15.0. The third-order valence-electron chi connectivity index (χ3n) is 3.79. The zero-order valence-electron chi connectivity index (χ0n) is 12.3. The van der Waals surface area contributed by atoms with E-state index in [0.717, 1.165) is 25.2 Å². The lowest BCUT2D eigenvalue weighted by Crippen LogP contribution is -2.42. The molecule has 1 atom stereocenters. The number of hydrogen-bond donors (Lipinski definition) is 2. The van der Waals surface area contributed by atoms with Gasteiger partial charge in [0.05, 0.1) is 6.54 Å². The minimum Gasteiger partial charge on any atom is -0.351 e. The molecule has 1 saturated heterocycles. The Labute approximate surface area is 121 Å². The third-order valence-corrected chi connectivity index (χ3v) is 3.79. The molecular weight excluding hydrogens is 250 g/mol. The van der Waals surface area contributed by atoms with E-state index in [4.69, 9.17) is 0 Å². The molecule has 0 radical (unpaired) electrons. The van der Waals surface area contributed by atoms with Gasteiger partial charge in [0.15, 0.2) is 0 Å². The van der Waals surface area contributed by atoms with Crippen molar-refractivity contribution in [2.45, 2.75) is 32.4 Å². The van der Waals surface area contributed by atoms with Crippen molar-refractivity contribution in [2.75, 3.05) is 26.2 Å². The first-order valence-corrected chi connectivity index (χ1v) is 7.54. The summed E-state index contributed by atoms with van der Waals surface area (Å²) in [6.45, 7) is 6.20. The van der Waals surface area contributed by atoms with Gasteiger partial charge in [-0.05, 0) is 31.5 Å². The van der Waals surface area contributed by atoms with Crippen molar-refractivity contribution in [3.63, 3.8) is 0 Å². The quantitative estimate of drug-likeness (QED) is 0.790. The van der Waals surface area contributed by atoms with Gasteiger partial charge in [0.25, 0.3) is 0 Å². The second-order valence-corrected chi connectivity index (χ2v) is 5.38. The Morgan fingerprint density at radius 1 is 1.40 bits per heavy atom. The van der Waals surface area contributed by atoms with E-state index in [-0.39, 0.29) is 5.91 Å². The van der Waals surface area contributed by atoms with E-state index in [0.29, 0.717) is 19.1 Å². The van der Waals surface area contributed by atoms with Crippen LogP contribution < -0.4 is 10.6 Å². The van der Waals surface area contributed by atoms with Gasteiger partial charge in [-0.1, -0.05) is 37.3 Å². The molecule has 1 fully saturated rings. The second-order valence-electron chi connectivity index (χ2n) is 5.38. The minimum atomic E-state index is 0.105. The van der Waals surface area contributed by atoms with Crippen LogP contribution in [-0.2, 0) is 11.3 Å². The molecule has 0 aliphatic carbocycles. The van der Waals surface area contributed by atoms with Crippen molar-refractivity contribution >= 4 is 5.91 Å². The fraction of sp³-hybridized carbons (Fsp3) is 0.562. The number of likely N-dealkylation sites (N-methyl/N-ethyl adjacent to an activating group) is 1. The summed E-state index contributed by atoms with van der Waals surface area (Å²) in [4.78, 5) is 14.2. The van der Waals surface area contributed by atoms with Crippen LogP contribution in [0.25, 0.3) is 0 Å². The number of amides is 1. The van der Waals surface area contributed by atoms with E-state index in [1.807, 2.05) is 30.3 Å². The largest absolute Gasteiger partial charge is 0.351 e. The fourth-order valence-electron chi connectivity index (χ4n) is 2.59. The highest BCUT2D eigenvalue weighted by atomic mass is 16.2. The Balaban J connectivity index is 1.71. The highest BCUT2D eigenvalue weighted by molar-refractivity contribution is 5.78. The number of nitrogens with zero attached hydrogens (tertiary/aromatic N) is 1. The van der Waals surface area contributed by atoms with Crippen LogP contribution in [0.1, 0.15) is 25.3 Å². The zero-order chi connectivity index (χ0) is 14.2. The van der Waals surface area contributed by atoms with Gasteiger partial charge in [-0.3, -0.25) is 9.69 Å². The molecule has 0 saturated carbocycles. The van der Waals surface area contributed by atoms with Gasteiger partial charge >= 0.3 is 0 Å². The number of benzene rings is 1. The van der Waals surface area contributed by atoms with Crippen LogP contribution in [0.5, 0.6) is 0 Å². The lowest BCUT2D eigenvalue weighted by atomic mass is 10.2. The molecule has 0 aromatic heterocycles.